The van der Waals surface area contributed by atoms with E-state index in [4.69, 9.17) is 5.14 Å². The largest absolute Gasteiger partial charge is 0.324 e. The second kappa shape index (κ2) is 9.43. The quantitative estimate of drug-likeness (QED) is 0.334. The van der Waals surface area contributed by atoms with Gasteiger partial charge in [-0.1, -0.05) is 42.5 Å². The summed E-state index contributed by atoms with van der Waals surface area (Å²) in [6.45, 7) is 2.01. The van der Waals surface area contributed by atoms with E-state index in [-0.39, 0.29) is 6.54 Å². The molecule has 9 nitrogen and oxygen atoms in total. The van der Waals surface area contributed by atoms with E-state index < -0.39 is 10.2 Å². The molecule has 0 saturated heterocycles. The van der Waals surface area contributed by atoms with Crippen molar-refractivity contribution in [3.05, 3.63) is 78.2 Å². The maximum atomic E-state index is 10.9. The van der Waals surface area contributed by atoms with Crippen LogP contribution in [0.4, 0.5) is 11.5 Å². The van der Waals surface area contributed by atoms with Crippen molar-refractivity contribution in [3.63, 3.8) is 0 Å². The molecule has 0 aliphatic carbocycles. The Morgan fingerprint density at radius 1 is 1.00 bits per heavy atom. The standard InChI is InChI=1S/C24H25N7O2S/c25-34(32,33)30-11-10-26-14-17-13-21-23(27-15-17)24(29-16-28-21)31-12-9-20-19(7-4-8-22(20)31)18-5-2-1-3-6-18/h1-8,13,15-16,26,30H,9-12,14H2,(H2,25,32,33). The van der Waals surface area contributed by atoms with Crippen molar-refractivity contribution in [3.8, 4) is 11.1 Å². The molecule has 3 heterocycles. The summed E-state index contributed by atoms with van der Waals surface area (Å²) in [6, 6.07) is 18.8. The van der Waals surface area contributed by atoms with Crippen LogP contribution in [0.15, 0.2) is 67.1 Å². The highest BCUT2D eigenvalue weighted by atomic mass is 32.2. The number of aromatic nitrogens is 3. The lowest BCUT2D eigenvalue weighted by molar-refractivity contribution is 0.577. The van der Waals surface area contributed by atoms with E-state index in [0.717, 1.165) is 41.1 Å². The van der Waals surface area contributed by atoms with Gasteiger partial charge in [-0.15, -0.1) is 0 Å². The molecule has 0 spiro atoms. The highest BCUT2D eigenvalue weighted by molar-refractivity contribution is 7.87. The number of fused-ring (bicyclic) bond motifs is 2. The minimum atomic E-state index is -3.67. The van der Waals surface area contributed by atoms with Crippen LogP contribution in [0.3, 0.4) is 0 Å². The number of nitrogens with one attached hydrogen (secondary N) is 2. The van der Waals surface area contributed by atoms with Gasteiger partial charge < -0.3 is 10.2 Å². The first-order valence-electron chi connectivity index (χ1n) is 11.0. The third-order valence-electron chi connectivity index (χ3n) is 5.81. The lowest BCUT2D eigenvalue weighted by atomic mass is 9.98. The zero-order valence-electron chi connectivity index (χ0n) is 18.5. The van der Waals surface area contributed by atoms with E-state index in [1.54, 1.807) is 12.5 Å². The summed E-state index contributed by atoms with van der Waals surface area (Å²) < 4.78 is 24.1. The molecular formula is C24H25N7O2S. The van der Waals surface area contributed by atoms with Crippen LogP contribution < -0.4 is 20.1 Å². The molecule has 1 aliphatic heterocycles. The molecule has 2 aromatic carbocycles. The van der Waals surface area contributed by atoms with E-state index >= 15 is 0 Å². The third-order valence-corrected chi connectivity index (χ3v) is 6.42. The SMILES string of the molecule is NS(=O)(=O)NCCNCc1cnc2c(N3CCc4c(-c5ccccc5)cccc43)ncnc2c1. The topological polar surface area (TPSA) is 126 Å². The van der Waals surface area contributed by atoms with Crippen LogP contribution in [0.5, 0.6) is 0 Å². The Bertz CT molecular complexity index is 1430. The number of pyridine rings is 1. The molecule has 0 saturated carbocycles. The van der Waals surface area contributed by atoms with Crippen LogP contribution in [0.1, 0.15) is 11.1 Å². The molecule has 0 amide bonds. The Hall–Kier alpha value is -3.44. The second-order valence-electron chi connectivity index (χ2n) is 8.10. The van der Waals surface area contributed by atoms with Crippen molar-refractivity contribution < 1.29 is 8.42 Å². The van der Waals surface area contributed by atoms with Crippen LogP contribution in [0.25, 0.3) is 22.2 Å². The van der Waals surface area contributed by atoms with Gasteiger partial charge in [-0.05, 0) is 40.8 Å². The van der Waals surface area contributed by atoms with Crippen molar-refractivity contribution in [1.82, 2.24) is 25.0 Å². The molecule has 4 N–H and O–H groups in total. The van der Waals surface area contributed by atoms with Crippen LogP contribution >= 0.6 is 0 Å². The number of anilines is 2. The van der Waals surface area contributed by atoms with Gasteiger partial charge in [0.15, 0.2) is 5.82 Å². The van der Waals surface area contributed by atoms with E-state index in [9.17, 15) is 8.42 Å². The first-order chi connectivity index (χ1) is 16.5. The fourth-order valence-electron chi connectivity index (χ4n) is 4.32. The van der Waals surface area contributed by atoms with E-state index in [2.05, 4.69) is 72.4 Å². The maximum Gasteiger partial charge on any atom is 0.274 e. The predicted molar refractivity (Wildman–Crippen MR) is 133 cm³/mol. The van der Waals surface area contributed by atoms with Gasteiger partial charge in [0.25, 0.3) is 10.2 Å². The number of nitrogens with zero attached hydrogens (tertiary/aromatic N) is 4. The van der Waals surface area contributed by atoms with E-state index in [1.807, 2.05) is 12.1 Å². The summed E-state index contributed by atoms with van der Waals surface area (Å²) >= 11 is 0. The number of hydrogen-bond donors (Lipinski definition) is 3. The Balaban J connectivity index is 1.38. The van der Waals surface area contributed by atoms with Gasteiger partial charge in [0.05, 0.1) is 5.52 Å². The van der Waals surface area contributed by atoms with Crippen molar-refractivity contribution in [2.45, 2.75) is 13.0 Å². The van der Waals surface area contributed by atoms with E-state index in [0.29, 0.717) is 13.1 Å². The van der Waals surface area contributed by atoms with Gasteiger partial charge in [0, 0.05) is 38.1 Å². The summed E-state index contributed by atoms with van der Waals surface area (Å²) in [5.41, 5.74) is 7.38. The molecule has 0 bridgehead atoms. The van der Waals surface area contributed by atoms with Crippen LogP contribution in [0.2, 0.25) is 0 Å². The van der Waals surface area contributed by atoms with Gasteiger partial charge in [0.1, 0.15) is 11.8 Å². The normalized spacial score (nSPS) is 13.4. The molecule has 174 valence electrons. The fraction of sp³-hybridized carbons (Fsp3) is 0.208. The molecule has 10 heteroatoms. The van der Waals surface area contributed by atoms with Gasteiger partial charge in [-0.25, -0.2) is 19.8 Å². The van der Waals surface area contributed by atoms with Crippen molar-refractivity contribution in [2.75, 3.05) is 24.5 Å². The average Bonchev–Trinajstić information content (AvgIpc) is 3.27. The highest BCUT2D eigenvalue weighted by Gasteiger charge is 2.26. The van der Waals surface area contributed by atoms with Gasteiger partial charge in [0.2, 0.25) is 0 Å². The number of nitrogens with two attached hydrogens (primary N) is 1. The van der Waals surface area contributed by atoms with Crippen molar-refractivity contribution in [1.29, 1.82) is 0 Å². The van der Waals surface area contributed by atoms with Gasteiger partial charge in [-0.3, -0.25) is 4.98 Å². The molecule has 0 unspecified atom stereocenters. The molecule has 0 atom stereocenters. The second-order valence-corrected chi connectivity index (χ2v) is 9.47. The Morgan fingerprint density at radius 2 is 1.85 bits per heavy atom. The van der Waals surface area contributed by atoms with Crippen LogP contribution in [0, 0.1) is 0 Å². The van der Waals surface area contributed by atoms with E-state index in [1.165, 1.54) is 16.7 Å². The Morgan fingerprint density at radius 3 is 2.68 bits per heavy atom. The predicted octanol–water partition coefficient (Wildman–Crippen LogP) is 2.27. The maximum absolute atomic E-state index is 10.9. The summed E-state index contributed by atoms with van der Waals surface area (Å²) in [4.78, 5) is 15.9. The summed E-state index contributed by atoms with van der Waals surface area (Å²) in [7, 11) is -3.67. The first kappa shape index (κ1) is 22.4. The Kier molecular flexibility index (Phi) is 6.20. The molecule has 5 rings (SSSR count). The van der Waals surface area contributed by atoms with Crippen LogP contribution in [-0.2, 0) is 23.2 Å². The van der Waals surface area contributed by atoms with Gasteiger partial charge >= 0.3 is 0 Å². The van der Waals surface area contributed by atoms with Gasteiger partial charge in [-0.2, -0.15) is 8.42 Å². The molecule has 34 heavy (non-hydrogen) atoms. The average molecular weight is 476 g/mol. The molecule has 4 aromatic rings. The molecule has 1 aliphatic rings. The fourth-order valence-corrected chi connectivity index (χ4v) is 4.71. The molecular weight excluding hydrogens is 450 g/mol. The highest BCUT2D eigenvalue weighted by Crippen LogP contribution is 2.40. The summed E-state index contributed by atoms with van der Waals surface area (Å²) in [5.74, 6) is 0.797. The minimum absolute atomic E-state index is 0.214. The summed E-state index contributed by atoms with van der Waals surface area (Å²) in [6.07, 6.45) is 4.30. The smallest absolute Gasteiger partial charge is 0.274 e. The lowest BCUT2D eigenvalue weighted by Crippen LogP contribution is -2.36. The molecule has 0 radical (unpaired) electrons. The number of rotatable bonds is 8. The Labute approximate surface area is 198 Å². The van der Waals surface area contributed by atoms with Crippen molar-refractivity contribution in [2.24, 2.45) is 5.14 Å². The van der Waals surface area contributed by atoms with Crippen LogP contribution in [-0.4, -0.2) is 43.0 Å². The first-order valence-corrected chi connectivity index (χ1v) is 12.6. The third kappa shape index (κ3) is 4.75. The molecule has 0 fully saturated rings. The zero-order chi connectivity index (χ0) is 23.5. The summed E-state index contributed by atoms with van der Waals surface area (Å²) in [5, 5.41) is 8.10. The zero-order valence-corrected chi connectivity index (χ0v) is 19.3. The van der Waals surface area contributed by atoms with Crippen molar-refractivity contribution >= 4 is 32.7 Å². The monoisotopic (exact) mass is 475 g/mol. The lowest BCUT2D eigenvalue weighted by Gasteiger charge is -2.20. The number of hydrogen-bond acceptors (Lipinski definition) is 7. The number of benzene rings is 2. The minimum Gasteiger partial charge on any atom is -0.324 e. The molecule has 2 aromatic heterocycles.